The third-order valence-electron chi connectivity index (χ3n) is 2.62. The first-order chi connectivity index (χ1) is 9.29. The second-order valence-corrected chi connectivity index (χ2v) is 4.30. The van der Waals surface area contributed by atoms with Crippen molar-refractivity contribution < 1.29 is 23.1 Å². The van der Waals surface area contributed by atoms with Gasteiger partial charge in [0.25, 0.3) is 0 Å². The molecule has 0 saturated carbocycles. The molecule has 0 fully saturated rings. The number of aromatic nitrogens is 1. The van der Waals surface area contributed by atoms with Gasteiger partial charge in [-0.25, -0.2) is 9.78 Å². The summed E-state index contributed by atoms with van der Waals surface area (Å²) >= 11 is 5.62. The molecular formula is C13H7ClF3NO2. The first kappa shape index (κ1) is 14.3. The van der Waals surface area contributed by atoms with Gasteiger partial charge in [0.15, 0.2) is 0 Å². The number of hydrogen-bond acceptors (Lipinski definition) is 2. The molecule has 0 radical (unpaired) electrons. The maximum atomic E-state index is 12.4. The van der Waals surface area contributed by atoms with E-state index in [9.17, 15) is 18.0 Å². The lowest BCUT2D eigenvalue weighted by Crippen LogP contribution is -2.04. The van der Waals surface area contributed by atoms with Crippen molar-refractivity contribution in [3.63, 3.8) is 0 Å². The molecule has 1 aromatic carbocycles. The first-order valence-electron chi connectivity index (χ1n) is 5.35. The SMILES string of the molecule is O=C(O)c1cc(-c2ccc(C(F)(F)F)cc2)cnc1Cl. The van der Waals surface area contributed by atoms with Crippen LogP contribution in [0.15, 0.2) is 36.5 Å². The third kappa shape index (κ3) is 2.91. The summed E-state index contributed by atoms with van der Waals surface area (Å²) < 4.78 is 37.3. The number of carboxylic acid groups (broad SMARTS) is 1. The molecule has 0 saturated heterocycles. The van der Waals surface area contributed by atoms with Gasteiger partial charge in [0, 0.05) is 11.8 Å². The van der Waals surface area contributed by atoms with E-state index in [-0.39, 0.29) is 10.7 Å². The van der Waals surface area contributed by atoms with Crippen molar-refractivity contribution in [1.82, 2.24) is 4.98 Å². The van der Waals surface area contributed by atoms with Gasteiger partial charge in [-0.15, -0.1) is 0 Å². The van der Waals surface area contributed by atoms with Crippen LogP contribution in [0.5, 0.6) is 0 Å². The van der Waals surface area contributed by atoms with E-state index < -0.39 is 17.7 Å². The standard InChI is InChI=1S/C13H7ClF3NO2/c14-11-10(12(19)20)5-8(6-18-11)7-1-3-9(4-2-7)13(15,16)17/h1-6H,(H,19,20). The summed E-state index contributed by atoms with van der Waals surface area (Å²) in [5.41, 5.74) is -0.184. The zero-order valence-electron chi connectivity index (χ0n) is 9.78. The zero-order chi connectivity index (χ0) is 14.9. The lowest BCUT2D eigenvalue weighted by atomic mass is 10.0. The van der Waals surface area contributed by atoms with Crippen molar-refractivity contribution in [2.24, 2.45) is 0 Å². The molecule has 0 unspecified atom stereocenters. The van der Waals surface area contributed by atoms with Gasteiger partial charge in [-0.1, -0.05) is 23.7 Å². The molecule has 2 aromatic rings. The van der Waals surface area contributed by atoms with Gasteiger partial charge in [-0.3, -0.25) is 0 Å². The van der Waals surface area contributed by atoms with Crippen molar-refractivity contribution >= 4 is 17.6 Å². The fourth-order valence-corrected chi connectivity index (χ4v) is 1.79. The average Bonchev–Trinajstić information content (AvgIpc) is 2.38. The third-order valence-corrected chi connectivity index (χ3v) is 2.92. The van der Waals surface area contributed by atoms with Gasteiger partial charge in [0.1, 0.15) is 5.15 Å². The van der Waals surface area contributed by atoms with Gasteiger partial charge in [0.05, 0.1) is 11.1 Å². The fourth-order valence-electron chi connectivity index (χ4n) is 1.61. The van der Waals surface area contributed by atoms with Gasteiger partial charge in [0.2, 0.25) is 0 Å². The number of rotatable bonds is 2. The highest BCUT2D eigenvalue weighted by molar-refractivity contribution is 6.32. The van der Waals surface area contributed by atoms with Gasteiger partial charge in [-0.05, 0) is 23.8 Å². The Labute approximate surface area is 116 Å². The van der Waals surface area contributed by atoms with Crippen molar-refractivity contribution in [3.05, 3.63) is 52.8 Å². The van der Waals surface area contributed by atoms with Crippen LogP contribution in [0, 0.1) is 0 Å². The molecule has 3 nitrogen and oxygen atoms in total. The van der Waals surface area contributed by atoms with Gasteiger partial charge < -0.3 is 5.11 Å². The summed E-state index contributed by atoms with van der Waals surface area (Å²) in [5.74, 6) is -1.25. The van der Waals surface area contributed by atoms with E-state index in [2.05, 4.69) is 4.98 Å². The smallest absolute Gasteiger partial charge is 0.416 e. The number of carbonyl (C=O) groups is 1. The molecule has 0 atom stereocenters. The lowest BCUT2D eigenvalue weighted by molar-refractivity contribution is -0.137. The predicted octanol–water partition coefficient (Wildman–Crippen LogP) is 4.12. The van der Waals surface area contributed by atoms with Crippen molar-refractivity contribution in [2.75, 3.05) is 0 Å². The molecule has 7 heteroatoms. The average molecular weight is 302 g/mol. The number of nitrogens with zero attached hydrogens (tertiary/aromatic N) is 1. The quantitative estimate of drug-likeness (QED) is 0.849. The minimum absolute atomic E-state index is 0.173. The van der Waals surface area contributed by atoms with E-state index in [4.69, 9.17) is 16.7 Å². The molecular weight excluding hydrogens is 295 g/mol. The molecule has 104 valence electrons. The van der Waals surface area contributed by atoms with E-state index in [1.165, 1.54) is 24.4 Å². The molecule has 0 bridgehead atoms. The number of benzene rings is 1. The van der Waals surface area contributed by atoms with E-state index in [0.29, 0.717) is 11.1 Å². The largest absolute Gasteiger partial charge is 0.478 e. The number of pyridine rings is 1. The van der Waals surface area contributed by atoms with Crippen LogP contribution in [0.2, 0.25) is 5.15 Å². The van der Waals surface area contributed by atoms with Crippen LogP contribution in [0.3, 0.4) is 0 Å². The Kier molecular flexibility index (Phi) is 3.67. The molecule has 0 amide bonds. The van der Waals surface area contributed by atoms with Crippen LogP contribution >= 0.6 is 11.6 Å². The van der Waals surface area contributed by atoms with E-state index >= 15 is 0 Å². The normalized spacial score (nSPS) is 11.4. The van der Waals surface area contributed by atoms with Gasteiger partial charge >= 0.3 is 12.1 Å². The Morgan fingerprint density at radius 1 is 1.15 bits per heavy atom. The maximum absolute atomic E-state index is 12.4. The summed E-state index contributed by atoms with van der Waals surface area (Å²) in [4.78, 5) is 14.6. The fraction of sp³-hybridized carbons (Fsp3) is 0.0769. The van der Waals surface area contributed by atoms with Crippen molar-refractivity contribution in [1.29, 1.82) is 0 Å². The Balaban J connectivity index is 2.42. The number of halogens is 4. The van der Waals surface area contributed by atoms with E-state index in [1.54, 1.807) is 0 Å². The summed E-state index contributed by atoms with van der Waals surface area (Å²) in [7, 11) is 0. The highest BCUT2D eigenvalue weighted by Gasteiger charge is 2.30. The molecule has 1 N–H and O–H groups in total. The molecule has 1 aromatic heterocycles. The van der Waals surface area contributed by atoms with Gasteiger partial charge in [-0.2, -0.15) is 13.2 Å². The summed E-state index contributed by atoms with van der Waals surface area (Å²) in [5, 5.41) is 8.74. The molecule has 1 heterocycles. The molecule has 0 aliphatic carbocycles. The Morgan fingerprint density at radius 2 is 1.75 bits per heavy atom. The Morgan fingerprint density at radius 3 is 2.25 bits per heavy atom. The topological polar surface area (TPSA) is 50.2 Å². The summed E-state index contributed by atoms with van der Waals surface area (Å²) in [6, 6.07) is 5.60. The monoisotopic (exact) mass is 301 g/mol. The van der Waals surface area contributed by atoms with Crippen molar-refractivity contribution in [2.45, 2.75) is 6.18 Å². The minimum atomic E-state index is -4.41. The lowest BCUT2D eigenvalue weighted by Gasteiger charge is -2.08. The van der Waals surface area contributed by atoms with Crippen LogP contribution < -0.4 is 0 Å². The Bertz CT molecular complexity index is 654. The number of alkyl halides is 3. The minimum Gasteiger partial charge on any atom is -0.478 e. The summed E-state index contributed by atoms with van der Waals surface area (Å²) in [6.45, 7) is 0. The van der Waals surface area contributed by atoms with Crippen LogP contribution in [0.4, 0.5) is 13.2 Å². The van der Waals surface area contributed by atoms with Crippen molar-refractivity contribution in [3.8, 4) is 11.1 Å². The number of carboxylic acids is 1. The Hall–Kier alpha value is -2.08. The van der Waals surface area contributed by atoms with Crippen LogP contribution in [-0.2, 0) is 6.18 Å². The van der Waals surface area contributed by atoms with Crippen LogP contribution in [0.25, 0.3) is 11.1 Å². The maximum Gasteiger partial charge on any atom is 0.416 e. The highest BCUT2D eigenvalue weighted by atomic mass is 35.5. The van der Waals surface area contributed by atoms with E-state index in [1.807, 2.05) is 0 Å². The van der Waals surface area contributed by atoms with Crippen LogP contribution in [-0.4, -0.2) is 16.1 Å². The molecule has 0 spiro atoms. The van der Waals surface area contributed by atoms with E-state index in [0.717, 1.165) is 12.1 Å². The highest BCUT2D eigenvalue weighted by Crippen LogP contribution is 2.31. The molecule has 0 aliphatic rings. The number of hydrogen-bond donors (Lipinski definition) is 1. The first-order valence-corrected chi connectivity index (χ1v) is 5.73. The number of aromatic carboxylic acids is 1. The molecule has 2 rings (SSSR count). The molecule has 0 aliphatic heterocycles. The summed E-state index contributed by atoms with van der Waals surface area (Å²) in [6.07, 6.45) is -3.11. The second kappa shape index (κ2) is 5.13. The predicted molar refractivity (Wildman–Crippen MR) is 66.6 cm³/mol. The van der Waals surface area contributed by atoms with Crippen LogP contribution in [0.1, 0.15) is 15.9 Å². The second-order valence-electron chi connectivity index (χ2n) is 3.94. The molecule has 20 heavy (non-hydrogen) atoms. The zero-order valence-corrected chi connectivity index (χ0v) is 10.5.